The first-order valence-electron chi connectivity index (χ1n) is 9.14. The third kappa shape index (κ3) is 4.14. The maximum Gasteiger partial charge on any atom is 0.289 e. The molecule has 3 aliphatic rings. The number of thioether (sulfide) groups is 1. The van der Waals surface area contributed by atoms with Crippen molar-refractivity contribution in [3.05, 3.63) is 0 Å². The van der Waals surface area contributed by atoms with Crippen molar-refractivity contribution in [1.82, 2.24) is 0 Å². The highest BCUT2D eigenvalue weighted by molar-refractivity contribution is 8.16. The molecular weight excluding hydrogens is 294 g/mol. The van der Waals surface area contributed by atoms with Crippen molar-refractivity contribution in [3.63, 3.8) is 0 Å². The van der Waals surface area contributed by atoms with Gasteiger partial charge < -0.3 is 4.74 Å². The monoisotopic (exact) mass is 323 g/mol. The van der Waals surface area contributed by atoms with Crippen LogP contribution < -0.4 is 0 Å². The Morgan fingerprint density at radius 3 is 2.32 bits per heavy atom. The second kappa shape index (κ2) is 7.48. The first kappa shape index (κ1) is 16.5. The molecule has 0 aromatic rings. The van der Waals surface area contributed by atoms with Crippen molar-refractivity contribution in [3.8, 4) is 0 Å². The summed E-state index contributed by atoms with van der Waals surface area (Å²) in [6, 6.07) is 0. The van der Waals surface area contributed by atoms with E-state index in [1.165, 1.54) is 57.8 Å². The number of nitrogens with zero attached hydrogens (tertiary/aromatic N) is 1. The van der Waals surface area contributed by atoms with Crippen molar-refractivity contribution in [2.24, 2.45) is 10.9 Å². The van der Waals surface area contributed by atoms with Gasteiger partial charge in [-0.25, -0.2) is 4.99 Å². The van der Waals surface area contributed by atoms with Gasteiger partial charge in [-0.3, -0.25) is 4.79 Å². The summed E-state index contributed by atoms with van der Waals surface area (Å²) in [6.07, 6.45) is 15.2. The van der Waals surface area contributed by atoms with Gasteiger partial charge in [-0.05, 0) is 32.1 Å². The van der Waals surface area contributed by atoms with E-state index in [9.17, 15) is 4.79 Å². The summed E-state index contributed by atoms with van der Waals surface area (Å²) in [4.78, 5) is 16.0. The molecule has 1 unspecified atom stereocenters. The lowest BCUT2D eigenvalue weighted by atomic mass is 9.97. The van der Waals surface area contributed by atoms with E-state index >= 15 is 0 Å². The SMILES string of the molecule is CC1(OC2CCCCC2)SC(CC2CCCCCC2)=NC1=O. The Morgan fingerprint density at radius 1 is 1.05 bits per heavy atom. The highest BCUT2D eigenvalue weighted by Gasteiger charge is 2.44. The van der Waals surface area contributed by atoms with Gasteiger partial charge in [-0.1, -0.05) is 69.5 Å². The molecule has 0 radical (unpaired) electrons. The van der Waals surface area contributed by atoms with Crippen LogP contribution in [0.1, 0.15) is 84.0 Å². The fourth-order valence-electron chi connectivity index (χ4n) is 3.98. The number of carbonyl (C=O) groups is 1. The molecule has 0 N–H and O–H groups in total. The molecule has 0 aromatic heterocycles. The number of rotatable bonds is 4. The maximum atomic E-state index is 12.4. The van der Waals surface area contributed by atoms with Crippen LogP contribution >= 0.6 is 11.8 Å². The van der Waals surface area contributed by atoms with Crippen LogP contribution in [-0.4, -0.2) is 22.0 Å². The van der Waals surface area contributed by atoms with Crippen molar-refractivity contribution in [2.75, 3.05) is 0 Å². The second-order valence-corrected chi connectivity index (χ2v) is 8.75. The highest BCUT2D eigenvalue weighted by atomic mass is 32.2. The van der Waals surface area contributed by atoms with Crippen LogP contribution in [0.2, 0.25) is 0 Å². The number of aliphatic imine (C=N–C) groups is 1. The number of hydrogen-bond acceptors (Lipinski definition) is 3. The van der Waals surface area contributed by atoms with Crippen LogP contribution in [0, 0.1) is 5.92 Å². The lowest BCUT2D eigenvalue weighted by Crippen LogP contribution is -2.36. The van der Waals surface area contributed by atoms with Crippen molar-refractivity contribution in [2.45, 2.75) is 95.0 Å². The lowest BCUT2D eigenvalue weighted by molar-refractivity contribution is -0.136. The van der Waals surface area contributed by atoms with Crippen LogP contribution in [0.25, 0.3) is 0 Å². The fraction of sp³-hybridized carbons (Fsp3) is 0.889. The Hall–Kier alpha value is -0.350. The number of hydrogen-bond donors (Lipinski definition) is 0. The largest absolute Gasteiger partial charge is 0.351 e. The summed E-state index contributed by atoms with van der Waals surface area (Å²) in [6.45, 7) is 1.93. The van der Waals surface area contributed by atoms with Crippen LogP contribution in [0.15, 0.2) is 4.99 Å². The normalized spacial score (nSPS) is 32.0. The predicted molar refractivity (Wildman–Crippen MR) is 92.2 cm³/mol. The van der Waals surface area contributed by atoms with Gasteiger partial charge in [0, 0.05) is 0 Å². The molecule has 0 bridgehead atoms. The minimum absolute atomic E-state index is 0.0632. The van der Waals surface area contributed by atoms with E-state index in [1.54, 1.807) is 11.8 Å². The average molecular weight is 324 g/mol. The Morgan fingerprint density at radius 2 is 1.64 bits per heavy atom. The fourth-order valence-corrected chi connectivity index (χ4v) is 5.20. The third-order valence-corrected chi connectivity index (χ3v) is 6.46. The Labute approximate surface area is 138 Å². The first-order valence-corrected chi connectivity index (χ1v) is 9.96. The van der Waals surface area contributed by atoms with Gasteiger partial charge in [0.05, 0.1) is 11.1 Å². The average Bonchev–Trinajstić information content (AvgIpc) is 2.69. The van der Waals surface area contributed by atoms with Gasteiger partial charge in [-0.2, -0.15) is 0 Å². The minimum Gasteiger partial charge on any atom is -0.351 e. The zero-order valence-electron chi connectivity index (χ0n) is 13.8. The molecule has 1 atom stereocenters. The predicted octanol–water partition coefficient (Wildman–Crippen LogP) is 5.08. The molecule has 0 spiro atoms. The van der Waals surface area contributed by atoms with E-state index in [4.69, 9.17) is 4.74 Å². The number of amides is 1. The summed E-state index contributed by atoms with van der Waals surface area (Å²) in [7, 11) is 0. The molecule has 124 valence electrons. The van der Waals surface area contributed by atoms with Gasteiger partial charge in [0.15, 0.2) is 4.93 Å². The molecule has 2 saturated carbocycles. The molecule has 3 rings (SSSR count). The van der Waals surface area contributed by atoms with E-state index < -0.39 is 4.93 Å². The number of carbonyl (C=O) groups excluding carboxylic acids is 1. The Kier molecular flexibility index (Phi) is 5.61. The van der Waals surface area contributed by atoms with Crippen molar-refractivity contribution < 1.29 is 9.53 Å². The van der Waals surface area contributed by atoms with Crippen LogP contribution in [-0.2, 0) is 9.53 Å². The third-order valence-electron chi connectivity index (χ3n) is 5.31. The van der Waals surface area contributed by atoms with Gasteiger partial charge in [0.1, 0.15) is 0 Å². The van der Waals surface area contributed by atoms with Crippen molar-refractivity contribution >= 4 is 22.7 Å². The Balaban J connectivity index is 1.54. The minimum atomic E-state index is -0.748. The molecule has 1 amide bonds. The molecule has 22 heavy (non-hydrogen) atoms. The van der Waals surface area contributed by atoms with Gasteiger partial charge in [0.25, 0.3) is 5.91 Å². The summed E-state index contributed by atoms with van der Waals surface area (Å²) in [5.74, 6) is 0.658. The van der Waals surface area contributed by atoms with Gasteiger partial charge in [0.2, 0.25) is 0 Å². The van der Waals surface area contributed by atoms with Crippen LogP contribution in [0.4, 0.5) is 0 Å². The molecule has 2 fully saturated rings. The highest BCUT2D eigenvalue weighted by Crippen LogP contribution is 2.41. The van der Waals surface area contributed by atoms with Crippen LogP contribution in [0.3, 0.4) is 0 Å². The van der Waals surface area contributed by atoms with Crippen LogP contribution in [0.5, 0.6) is 0 Å². The van der Waals surface area contributed by atoms with E-state index in [0.717, 1.165) is 30.2 Å². The second-order valence-electron chi connectivity index (χ2n) is 7.30. The Bertz CT molecular complexity index is 423. The maximum absolute atomic E-state index is 12.4. The summed E-state index contributed by atoms with van der Waals surface area (Å²) in [5.41, 5.74) is 0. The summed E-state index contributed by atoms with van der Waals surface area (Å²) in [5, 5.41) is 1.02. The van der Waals surface area contributed by atoms with E-state index in [2.05, 4.69) is 4.99 Å². The molecule has 0 saturated heterocycles. The first-order chi connectivity index (χ1) is 10.7. The van der Waals surface area contributed by atoms with E-state index in [-0.39, 0.29) is 12.0 Å². The van der Waals surface area contributed by atoms with E-state index in [1.807, 2.05) is 6.92 Å². The lowest BCUT2D eigenvalue weighted by Gasteiger charge is -2.30. The molecular formula is C18H29NO2S. The summed E-state index contributed by atoms with van der Waals surface area (Å²) >= 11 is 1.59. The van der Waals surface area contributed by atoms with E-state index in [0.29, 0.717) is 0 Å². The smallest absolute Gasteiger partial charge is 0.289 e. The standard InChI is InChI=1S/C18H29NO2S/c1-18(21-15-11-7-4-8-12-15)17(20)19-16(22-18)13-14-9-5-2-3-6-10-14/h14-15H,2-13H2,1H3. The zero-order valence-corrected chi connectivity index (χ0v) is 14.6. The molecule has 0 aromatic carbocycles. The molecule has 2 aliphatic carbocycles. The summed E-state index contributed by atoms with van der Waals surface area (Å²) < 4.78 is 6.19. The number of ether oxygens (including phenoxy) is 1. The van der Waals surface area contributed by atoms with Gasteiger partial charge in [-0.15, -0.1) is 0 Å². The molecule has 3 nitrogen and oxygen atoms in total. The zero-order chi connectivity index (χ0) is 15.4. The topological polar surface area (TPSA) is 38.7 Å². The molecule has 1 aliphatic heterocycles. The van der Waals surface area contributed by atoms with Gasteiger partial charge >= 0.3 is 0 Å². The molecule has 1 heterocycles. The molecule has 4 heteroatoms. The quantitative estimate of drug-likeness (QED) is 0.677. The van der Waals surface area contributed by atoms with Crippen molar-refractivity contribution in [1.29, 1.82) is 0 Å².